The molecule has 0 bridgehead atoms. The van der Waals surface area contributed by atoms with Crippen molar-refractivity contribution in [2.45, 2.75) is 33.2 Å². The summed E-state index contributed by atoms with van der Waals surface area (Å²) in [6.07, 6.45) is 0.660. The summed E-state index contributed by atoms with van der Waals surface area (Å²) in [4.78, 5) is 32.4. The Labute approximate surface area is 159 Å². The summed E-state index contributed by atoms with van der Waals surface area (Å²) in [5.74, 6) is -0.942. The van der Waals surface area contributed by atoms with E-state index in [0.717, 1.165) is 11.0 Å². The van der Waals surface area contributed by atoms with Crippen LogP contribution < -0.4 is 4.90 Å². The molecule has 2 heterocycles. The van der Waals surface area contributed by atoms with Crippen LogP contribution in [-0.2, 0) is 19.1 Å². The zero-order chi connectivity index (χ0) is 19.6. The van der Waals surface area contributed by atoms with Crippen molar-refractivity contribution in [3.8, 4) is 0 Å². The number of carbonyl (C=O) groups is 2. The third-order valence-corrected chi connectivity index (χ3v) is 4.94. The van der Waals surface area contributed by atoms with Gasteiger partial charge in [0.1, 0.15) is 0 Å². The molecule has 7 heteroatoms. The Morgan fingerprint density at radius 3 is 2.70 bits per heavy atom. The molecule has 2 atom stereocenters. The number of imidazole rings is 1. The van der Waals surface area contributed by atoms with E-state index in [4.69, 9.17) is 14.5 Å². The average Bonchev–Trinajstić information content (AvgIpc) is 3.01. The molecule has 0 saturated heterocycles. The molecule has 1 aromatic heterocycles. The Morgan fingerprint density at radius 2 is 2.04 bits per heavy atom. The lowest BCUT2D eigenvalue weighted by Crippen LogP contribution is -2.51. The second kappa shape index (κ2) is 8.08. The summed E-state index contributed by atoms with van der Waals surface area (Å²) in [6.45, 7) is 7.00. The van der Waals surface area contributed by atoms with E-state index in [1.165, 1.54) is 0 Å². The van der Waals surface area contributed by atoms with Crippen molar-refractivity contribution in [3.63, 3.8) is 0 Å². The molecule has 146 valence electrons. The number of esters is 1. The van der Waals surface area contributed by atoms with Crippen LogP contribution in [0.25, 0.3) is 11.0 Å². The molecular weight excluding hydrogens is 346 g/mol. The van der Waals surface area contributed by atoms with Gasteiger partial charge in [-0.25, -0.2) is 4.98 Å². The van der Waals surface area contributed by atoms with Crippen LogP contribution in [0.4, 0.5) is 5.95 Å². The fourth-order valence-corrected chi connectivity index (χ4v) is 3.81. The maximum atomic E-state index is 13.3. The number of benzene rings is 1. The molecule has 1 aliphatic heterocycles. The number of methoxy groups -OCH3 is 1. The van der Waals surface area contributed by atoms with E-state index in [-0.39, 0.29) is 24.5 Å². The molecule has 3 rings (SSSR count). The fraction of sp³-hybridized carbons (Fsp3) is 0.550. The number of rotatable bonds is 7. The Morgan fingerprint density at radius 1 is 1.30 bits per heavy atom. The highest BCUT2D eigenvalue weighted by Crippen LogP contribution is 2.41. The molecule has 0 unspecified atom stereocenters. The fourth-order valence-electron chi connectivity index (χ4n) is 3.81. The molecule has 0 radical (unpaired) electrons. The smallest absolute Gasteiger partial charge is 0.320 e. The minimum absolute atomic E-state index is 0.0563. The maximum Gasteiger partial charge on any atom is 0.320 e. The molecule has 0 aliphatic carbocycles. The average molecular weight is 373 g/mol. The van der Waals surface area contributed by atoms with Crippen LogP contribution in [0.15, 0.2) is 24.3 Å². The van der Waals surface area contributed by atoms with Crippen LogP contribution in [0.1, 0.15) is 33.2 Å². The predicted octanol–water partition coefficient (Wildman–Crippen LogP) is 2.80. The molecule has 0 N–H and O–H groups in total. The van der Waals surface area contributed by atoms with Crippen LogP contribution in [0.2, 0.25) is 0 Å². The molecule has 1 amide bonds. The highest BCUT2D eigenvalue weighted by atomic mass is 16.5. The minimum Gasteiger partial charge on any atom is -0.465 e. The van der Waals surface area contributed by atoms with Crippen molar-refractivity contribution < 1.29 is 19.1 Å². The second-order valence-electron chi connectivity index (χ2n) is 7.07. The molecule has 7 nitrogen and oxygen atoms in total. The molecule has 0 fully saturated rings. The largest absolute Gasteiger partial charge is 0.465 e. The number of amides is 1. The first-order valence-corrected chi connectivity index (χ1v) is 9.45. The standard InChI is InChI=1S/C20H27N3O4/c1-5-27-19(25)16-17(13(2)3)23-15-10-7-6-9-14(15)21-20(23)22(18(16)24)11-8-12-26-4/h6-7,9-10,13,16-17H,5,8,11-12H2,1-4H3/t16-,17+/m0/s1. The van der Waals surface area contributed by atoms with Gasteiger partial charge in [-0.15, -0.1) is 0 Å². The number of anilines is 1. The summed E-state index contributed by atoms with van der Waals surface area (Å²) < 4.78 is 12.4. The van der Waals surface area contributed by atoms with Gasteiger partial charge in [-0.1, -0.05) is 26.0 Å². The molecule has 1 aromatic carbocycles. The van der Waals surface area contributed by atoms with Gasteiger partial charge in [0.25, 0.3) is 0 Å². The van der Waals surface area contributed by atoms with Crippen molar-refractivity contribution in [1.29, 1.82) is 0 Å². The normalized spacial score (nSPS) is 19.6. The van der Waals surface area contributed by atoms with Crippen molar-refractivity contribution in [3.05, 3.63) is 24.3 Å². The molecule has 27 heavy (non-hydrogen) atoms. The van der Waals surface area contributed by atoms with Crippen molar-refractivity contribution in [2.75, 3.05) is 31.8 Å². The van der Waals surface area contributed by atoms with Gasteiger partial charge in [0, 0.05) is 20.3 Å². The summed E-state index contributed by atoms with van der Waals surface area (Å²) in [5.41, 5.74) is 1.73. The first-order valence-electron chi connectivity index (χ1n) is 9.45. The molecule has 1 aliphatic rings. The Bertz CT molecular complexity index is 830. The van der Waals surface area contributed by atoms with Gasteiger partial charge in [-0.2, -0.15) is 0 Å². The Balaban J connectivity index is 2.16. The molecule has 0 spiro atoms. The first-order chi connectivity index (χ1) is 13.0. The summed E-state index contributed by atoms with van der Waals surface area (Å²) in [7, 11) is 1.63. The summed E-state index contributed by atoms with van der Waals surface area (Å²) >= 11 is 0. The Kier molecular flexibility index (Phi) is 5.79. The monoisotopic (exact) mass is 373 g/mol. The van der Waals surface area contributed by atoms with E-state index in [2.05, 4.69) is 0 Å². The lowest BCUT2D eigenvalue weighted by molar-refractivity contribution is -0.154. The maximum absolute atomic E-state index is 13.3. The number of aromatic nitrogens is 2. The van der Waals surface area contributed by atoms with Gasteiger partial charge in [0.2, 0.25) is 11.9 Å². The van der Waals surface area contributed by atoms with Crippen molar-refractivity contribution in [2.24, 2.45) is 11.8 Å². The van der Waals surface area contributed by atoms with Crippen LogP contribution >= 0.6 is 0 Å². The third-order valence-electron chi connectivity index (χ3n) is 4.94. The van der Waals surface area contributed by atoms with Crippen LogP contribution in [0, 0.1) is 11.8 Å². The minimum atomic E-state index is -0.877. The van der Waals surface area contributed by atoms with Crippen molar-refractivity contribution in [1.82, 2.24) is 9.55 Å². The number of hydrogen-bond donors (Lipinski definition) is 0. The van der Waals surface area contributed by atoms with Gasteiger partial charge in [0.05, 0.1) is 23.7 Å². The number of nitrogens with zero attached hydrogens (tertiary/aromatic N) is 3. The summed E-state index contributed by atoms with van der Waals surface area (Å²) in [5, 5.41) is 0. The third kappa shape index (κ3) is 3.43. The topological polar surface area (TPSA) is 73.7 Å². The van der Waals surface area contributed by atoms with E-state index in [9.17, 15) is 9.59 Å². The Hall–Kier alpha value is -2.41. The molecule has 0 saturated carbocycles. The molecule has 2 aromatic rings. The first kappa shape index (κ1) is 19.4. The van der Waals surface area contributed by atoms with Crippen LogP contribution in [-0.4, -0.2) is 48.3 Å². The van der Waals surface area contributed by atoms with Crippen LogP contribution in [0.3, 0.4) is 0 Å². The zero-order valence-corrected chi connectivity index (χ0v) is 16.3. The van der Waals surface area contributed by atoms with E-state index in [1.54, 1.807) is 18.9 Å². The number of ether oxygens (including phenoxy) is 2. The van der Waals surface area contributed by atoms with Crippen molar-refractivity contribution >= 4 is 28.9 Å². The predicted molar refractivity (Wildman–Crippen MR) is 103 cm³/mol. The SMILES string of the molecule is CCOC(=O)[C@@H]1C(=O)N(CCCOC)c2nc3ccccc3n2[C@@H]1C(C)C. The lowest BCUT2D eigenvalue weighted by Gasteiger charge is -2.39. The quantitative estimate of drug-likeness (QED) is 0.424. The van der Waals surface area contributed by atoms with E-state index < -0.39 is 11.9 Å². The van der Waals surface area contributed by atoms with Gasteiger partial charge < -0.3 is 14.0 Å². The van der Waals surface area contributed by atoms with E-state index in [1.807, 2.05) is 42.7 Å². The number of carbonyl (C=O) groups excluding carboxylic acids is 2. The number of hydrogen-bond acceptors (Lipinski definition) is 5. The highest BCUT2D eigenvalue weighted by Gasteiger charge is 2.47. The van der Waals surface area contributed by atoms with Crippen LogP contribution in [0.5, 0.6) is 0 Å². The van der Waals surface area contributed by atoms with Gasteiger partial charge in [0.15, 0.2) is 5.92 Å². The highest BCUT2D eigenvalue weighted by molar-refractivity contribution is 6.08. The van der Waals surface area contributed by atoms with Gasteiger partial charge in [-0.05, 0) is 31.4 Å². The number of para-hydroxylation sites is 2. The zero-order valence-electron chi connectivity index (χ0n) is 16.3. The second-order valence-corrected chi connectivity index (χ2v) is 7.07. The summed E-state index contributed by atoms with van der Waals surface area (Å²) in [6, 6.07) is 7.44. The van der Waals surface area contributed by atoms with Gasteiger partial charge >= 0.3 is 5.97 Å². The van der Waals surface area contributed by atoms with E-state index in [0.29, 0.717) is 25.5 Å². The van der Waals surface area contributed by atoms with E-state index >= 15 is 0 Å². The lowest BCUT2D eigenvalue weighted by atomic mass is 9.87. The van der Waals surface area contributed by atoms with Gasteiger partial charge in [-0.3, -0.25) is 14.5 Å². The number of fused-ring (bicyclic) bond motifs is 3. The molecular formula is C20H27N3O4.